The van der Waals surface area contributed by atoms with Crippen molar-refractivity contribution in [2.24, 2.45) is 0 Å². The van der Waals surface area contributed by atoms with E-state index < -0.39 is 85.9 Å². The Morgan fingerprint density at radius 3 is 1.32 bits per heavy atom. The molecule has 0 saturated carbocycles. The third kappa shape index (κ3) is 13.0. The van der Waals surface area contributed by atoms with Crippen LogP contribution >= 0.6 is 0 Å². The van der Waals surface area contributed by atoms with Gasteiger partial charge in [-0.25, -0.2) is 0 Å². The first kappa shape index (κ1) is 44.5. The molecule has 4 aromatic rings. The number of ether oxygens (including phenoxy) is 10. The third-order valence-electron chi connectivity index (χ3n) is 9.80. The van der Waals surface area contributed by atoms with Gasteiger partial charge in [-0.3, -0.25) is 14.4 Å². The zero-order valence-electron chi connectivity index (χ0n) is 33.8. The SMILES string of the molecule is CC(=O)OC[C@H]1O[C@H](OC[C@H]2O[C@@H](OCc3ccccc3)[C@H](OCc3ccccc3)[C@@H](OCc3ccccc3)[C@@H]2OCc2ccccc2)[C@@H](O)[C@@H](OC(C)=O)[C@@H]1OC(C)=O. The second-order valence-electron chi connectivity index (χ2n) is 14.4. The maximum atomic E-state index is 12.3. The molecule has 0 unspecified atom stereocenters. The molecule has 2 aliphatic rings. The van der Waals surface area contributed by atoms with Gasteiger partial charge in [0.1, 0.15) is 43.2 Å². The fourth-order valence-electron chi connectivity index (χ4n) is 6.98. The van der Waals surface area contributed by atoms with Gasteiger partial charge in [-0.1, -0.05) is 121 Å². The van der Waals surface area contributed by atoms with Crippen molar-refractivity contribution < 1.29 is 66.9 Å². The Kier molecular flexibility index (Phi) is 16.7. The van der Waals surface area contributed by atoms with E-state index in [4.69, 9.17) is 47.4 Å². The van der Waals surface area contributed by atoms with Crippen LogP contribution in [0.3, 0.4) is 0 Å². The first-order valence-corrected chi connectivity index (χ1v) is 19.8. The number of benzene rings is 4. The predicted octanol–water partition coefficient (Wildman–Crippen LogP) is 5.21. The standard InChI is InChI=1S/C46H52O14/c1-30(47)51-28-38-41(57-31(2)48)42(58-32(3)49)39(50)45(59-38)56-29-37-40(52-24-33-16-8-4-9-17-33)43(53-25-34-18-10-5-11-19-34)44(54-26-35-20-12-6-13-21-35)46(60-37)55-27-36-22-14-7-15-23-36/h4-23,37-46,50H,24-29H2,1-3H3/t37-,38-,39+,40-,41-,42-,43+,44-,45+,46-/m1/s1. The second kappa shape index (κ2) is 22.5. The Bertz CT molecular complexity index is 1900. The smallest absolute Gasteiger partial charge is 0.303 e. The molecule has 0 amide bonds. The van der Waals surface area contributed by atoms with Crippen molar-refractivity contribution in [2.75, 3.05) is 13.2 Å². The molecule has 0 aliphatic carbocycles. The molecule has 4 aromatic carbocycles. The van der Waals surface area contributed by atoms with Crippen LogP contribution in [-0.4, -0.2) is 97.6 Å². The van der Waals surface area contributed by atoms with Crippen LogP contribution < -0.4 is 0 Å². The molecular formula is C46H52O14. The number of carbonyl (C=O) groups is 3. The minimum absolute atomic E-state index is 0.170. The quantitative estimate of drug-likeness (QED) is 0.0968. The van der Waals surface area contributed by atoms with Crippen LogP contribution in [0.1, 0.15) is 43.0 Å². The number of aliphatic hydroxyl groups excluding tert-OH is 1. The molecule has 0 spiro atoms. The van der Waals surface area contributed by atoms with Crippen molar-refractivity contribution >= 4 is 17.9 Å². The highest BCUT2D eigenvalue weighted by Crippen LogP contribution is 2.34. The number of aliphatic hydroxyl groups is 1. The van der Waals surface area contributed by atoms with Gasteiger partial charge < -0.3 is 52.5 Å². The molecule has 0 aromatic heterocycles. The lowest BCUT2D eigenvalue weighted by atomic mass is 9.97. The summed E-state index contributed by atoms with van der Waals surface area (Å²) < 4.78 is 62.0. The molecule has 2 heterocycles. The lowest BCUT2D eigenvalue weighted by Crippen LogP contribution is -2.64. The van der Waals surface area contributed by atoms with Gasteiger partial charge in [0, 0.05) is 20.8 Å². The van der Waals surface area contributed by atoms with E-state index >= 15 is 0 Å². The van der Waals surface area contributed by atoms with Crippen molar-refractivity contribution in [1.29, 1.82) is 0 Å². The van der Waals surface area contributed by atoms with Gasteiger partial charge in [-0.2, -0.15) is 0 Å². The van der Waals surface area contributed by atoms with Crippen molar-refractivity contribution in [3.8, 4) is 0 Å². The zero-order chi connectivity index (χ0) is 42.3. The average molecular weight is 829 g/mol. The second-order valence-corrected chi connectivity index (χ2v) is 14.4. The number of rotatable bonds is 19. The molecule has 14 heteroatoms. The van der Waals surface area contributed by atoms with E-state index in [1.165, 1.54) is 6.92 Å². The van der Waals surface area contributed by atoms with Gasteiger partial charge in [-0.05, 0) is 22.3 Å². The molecule has 2 aliphatic heterocycles. The minimum atomic E-state index is -1.66. The highest BCUT2D eigenvalue weighted by Gasteiger charge is 2.53. The normalized spacial score (nSPS) is 26.5. The third-order valence-corrected chi connectivity index (χ3v) is 9.80. The number of esters is 3. The number of hydrogen-bond acceptors (Lipinski definition) is 14. The van der Waals surface area contributed by atoms with Gasteiger partial charge in [0.25, 0.3) is 0 Å². The summed E-state index contributed by atoms with van der Waals surface area (Å²) >= 11 is 0. The summed E-state index contributed by atoms with van der Waals surface area (Å²) in [6, 6.07) is 38.7. The summed E-state index contributed by atoms with van der Waals surface area (Å²) in [4.78, 5) is 36.3. The molecular weight excluding hydrogens is 776 g/mol. The predicted molar refractivity (Wildman–Crippen MR) is 213 cm³/mol. The summed E-state index contributed by atoms with van der Waals surface area (Å²) in [5, 5.41) is 11.6. The maximum Gasteiger partial charge on any atom is 0.303 e. The zero-order valence-corrected chi connectivity index (χ0v) is 33.8. The Balaban J connectivity index is 1.33. The lowest BCUT2D eigenvalue weighted by molar-refractivity contribution is -0.346. The Morgan fingerprint density at radius 2 is 0.850 bits per heavy atom. The Labute approximate surface area is 349 Å². The summed E-state index contributed by atoms with van der Waals surface area (Å²) in [5.74, 6) is -2.12. The molecule has 14 nitrogen and oxygen atoms in total. The van der Waals surface area contributed by atoms with Crippen LogP contribution in [0.15, 0.2) is 121 Å². The molecule has 10 atom stereocenters. The molecule has 0 radical (unpaired) electrons. The summed E-state index contributed by atoms with van der Waals surface area (Å²) in [5.41, 5.74) is 3.63. The summed E-state index contributed by atoms with van der Waals surface area (Å²) in [6.07, 6.45) is -11.5. The summed E-state index contributed by atoms with van der Waals surface area (Å²) in [6.45, 7) is 3.60. The van der Waals surface area contributed by atoms with Crippen molar-refractivity contribution in [1.82, 2.24) is 0 Å². The first-order valence-electron chi connectivity index (χ1n) is 19.8. The van der Waals surface area contributed by atoms with Crippen molar-refractivity contribution in [2.45, 2.75) is 109 Å². The molecule has 1 N–H and O–H groups in total. The lowest BCUT2D eigenvalue weighted by Gasteiger charge is -2.47. The number of hydrogen-bond donors (Lipinski definition) is 1. The maximum absolute atomic E-state index is 12.3. The highest BCUT2D eigenvalue weighted by molar-refractivity contribution is 5.68. The molecule has 6 rings (SSSR count). The van der Waals surface area contributed by atoms with E-state index in [-0.39, 0.29) is 33.0 Å². The highest BCUT2D eigenvalue weighted by atomic mass is 16.7. The molecule has 60 heavy (non-hydrogen) atoms. The van der Waals surface area contributed by atoms with Crippen LogP contribution in [0.4, 0.5) is 0 Å². The van der Waals surface area contributed by atoms with Crippen molar-refractivity contribution in [3.05, 3.63) is 144 Å². The Hall–Kier alpha value is -5.03. The van der Waals surface area contributed by atoms with Gasteiger partial charge in [-0.15, -0.1) is 0 Å². The van der Waals surface area contributed by atoms with E-state index in [0.29, 0.717) is 0 Å². The Morgan fingerprint density at radius 1 is 0.450 bits per heavy atom. The van der Waals surface area contributed by atoms with Crippen LogP contribution in [-0.2, 0) is 88.2 Å². The molecule has 0 bridgehead atoms. The van der Waals surface area contributed by atoms with E-state index in [9.17, 15) is 19.5 Å². The number of carbonyl (C=O) groups excluding carboxylic acids is 3. The van der Waals surface area contributed by atoms with Gasteiger partial charge >= 0.3 is 17.9 Å². The van der Waals surface area contributed by atoms with Crippen LogP contribution in [0, 0.1) is 0 Å². The van der Waals surface area contributed by atoms with E-state index in [1.54, 1.807) is 0 Å². The van der Waals surface area contributed by atoms with E-state index in [0.717, 1.165) is 36.1 Å². The molecule has 2 saturated heterocycles. The minimum Gasteiger partial charge on any atom is -0.463 e. The van der Waals surface area contributed by atoms with E-state index in [2.05, 4.69) is 0 Å². The van der Waals surface area contributed by atoms with E-state index in [1.807, 2.05) is 121 Å². The van der Waals surface area contributed by atoms with Crippen LogP contribution in [0.25, 0.3) is 0 Å². The van der Waals surface area contributed by atoms with Gasteiger partial charge in [0.05, 0.1) is 33.0 Å². The fourth-order valence-corrected chi connectivity index (χ4v) is 6.98. The first-order chi connectivity index (χ1) is 29.1. The average Bonchev–Trinajstić information content (AvgIpc) is 3.25. The largest absolute Gasteiger partial charge is 0.463 e. The van der Waals surface area contributed by atoms with Crippen LogP contribution in [0.5, 0.6) is 0 Å². The molecule has 320 valence electrons. The topological polar surface area (TPSA) is 164 Å². The van der Waals surface area contributed by atoms with Gasteiger partial charge in [0.2, 0.25) is 0 Å². The fraction of sp³-hybridized carbons (Fsp3) is 0.413. The van der Waals surface area contributed by atoms with Gasteiger partial charge in [0.15, 0.2) is 24.8 Å². The van der Waals surface area contributed by atoms with Crippen LogP contribution in [0.2, 0.25) is 0 Å². The molecule has 2 fully saturated rings. The summed E-state index contributed by atoms with van der Waals surface area (Å²) in [7, 11) is 0. The monoisotopic (exact) mass is 828 g/mol. The van der Waals surface area contributed by atoms with Crippen molar-refractivity contribution in [3.63, 3.8) is 0 Å².